The smallest absolute Gasteiger partial charge is 0.756 e. The van der Waals surface area contributed by atoms with Crippen LogP contribution in [-0.4, -0.2) is 39.6 Å². The molecule has 0 aliphatic heterocycles. The summed E-state index contributed by atoms with van der Waals surface area (Å²) >= 11 is 0. The van der Waals surface area contributed by atoms with Crippen molar-refractivity contribution in [3.63, 3.8) is 0 Å². The average molecular weight is 1020 g/mol. The molecule has 0 bridgehead atoms. The van der Waals surface area contributed by atoms with Crippen molar-refractivity contribution in [2.45, 2.75) is 237 Å². The molecular formula is C48H102FeO12P3. The van der Waals surface area contributed by atoms with Gasteiger partial charge in [-0.1, -0.05) is 199 Å². The number of hydrogen-bond acceptors (Lipinski definition) is 12. The summed E-state index contributed by atoms with van der Waals surface area (Å²) in [6.07, 6.45) is 25.1. The van der Waals surface area contributed by atoms with E-state index in [0.29, 0.717) is 35.5 Å². The monoisotopic (exact) mass is 1020 g/mol. The molecule has 0 aromatic heterocycles. The van der Waals surface area contributed by atoms with Crippen LogP contribution in [-0.2, 0) is 57.9 Å². The summed E-state index contributed by atoms with van der Waals surface area (Å²) in [4.78, 5) is 35.4. The molecule has 0 fully saturated rings. The van der Waals surface area contributed by atoms with E-state index in [1.807, 2.05) is 0 Å². The van der Waals surface area contributed by atoms with Crippen LogP contribution in [0.25, 0.3) is 0 Å². The predicted octanol–water partition coefficient (Wildman–Crippen LogP) is 14.8. The summed E-state index contributed by atoms with van der Waals surface area (Å²) in [6.45, 7) is 26.7. The van der Waals surface area contributed by atoms with Crippen molar-refractivity contribution in [3.8, 4) is 0 Å². The normalized spacial score (nSPS) is 17.1. The first kappa shape index (κ1) is 71.4. The fraction of sp³-hybridized carbons (Fsp3) is 1.00. The first-order valence-electron chi connectivity index (χ1n) is 25.8. The first-order chi connectivity index (χ1) is 30.0. The maximum absolute atomic E-state index is 11.8. The summed E-state index contributed by atoms with van der Waals surface area (Å²) in [5.74, 6) is 1.82. The van der Waals surface area contributed by atoms with Crippen LogP contribution in [0.2, 0.25) is 0 Å². The van der Waals surface area contributed by atoms with Crippen molar-refractivity contribution in [2.75, 3.05) is 39.6 Å². The summed E-state index contributed by atoms with van der Waals surface area (Å²) in [6, 6.07) is 0. The van der Waals surface area contributed by atoms with E-state index in [4.69, 9.17) is 27.1 Å². The van der Waals surface area contributed by atoms with Gasteiger partial charge in [0.25, 0.3) is 23.5 Å². The van der Waals surface area contributed by atoms with Crippen LogP contribution in [0.1, 0.15) is 237 Å². The van der Waals surface area contributed by atoms with Gasteiger partial charge in [0.2, 0.25) is 0 Å². The van der Waals surface area contributed by atoms with E-state index in [-0.39, 0.29) is 56.7 Å². The van der Waals surface area contributed by atoms with Crippen molar-refractivity contribution in [2.24, 2.45) is 35.5 Å². The Hall–Kier alpha value is 0.849. The second-order valence-electron chi connectivity index (χ2n) is 17.6. The molecule has 0 aliphatic rings. The molecule has 0 heterocycles. The second-order valence-corrected chi connectivity index (χ2v) is 21.8. The Kier molecular flexibility index (Phi) is 53.0. The third-order valence-electron chi connectivity index (χ3n) is 12.1. The Balaban J connectivity index is -0.000000419. The Morgan fingerprint density at radius 3 is 0.516 bits per heavy atom. The summed E-state index contributed by atoms with van der Waals surface area (Å²) < 4.78 is 65.7. The topological polar surface area (TPSA) is 176 Å². The molecule has 0 aliphatic carbocycles. The van der Waals surface area contributed by atoms with Gasteiger partial charge in [-0.3, -0.25) is 13.7 Å². The number of rotatable bonds is 42. The molecule has 6 unspecified atom stereocenters. The largest absolute Gasteiger partial charge is 3.00 e. The van der Waals surface area contributed by atoms with Crippen LogP contribution in [0.5, 0.6) is 0 Å². The Morgan fingerprint density at radius 1 is 0.297 bits per heavy atom. The van der Waals surface area contributed by atoms with Crippen molar-refractivity contribution < 1.29 is 72.6 Å². The predicted molar refractivity (Wildman–Crippen MR) is 258 cm³/mol. The molecule has 1 radical (unpaired) electrons. The summed E-state index contributed by atoms with van der Waals surface area (Å²) in [7, 11) is -12.4. The zero-order valence-corrected chi connectivity index (χ0v) is 47.1. The summed E-state index contributed by atoms with van der Waals surface area (Å²) in [5.41, 5.74) is 0. The van der Waals surface area contributed by atoms with Crippen LogP contribution in [0.3, 0.4) is 0 Å². The molecule has 0 rings (SSSR count). The van der Waals surface area contributed by atoms with E-state index in [1.54, 1.807) is 0 Å². The van der Waals surface area contributed by atoms with Gasteiger partial charge in [-0.15, -0.1) is 0 Å². The molecule has 12 nitrogen and oxygen atoms in total. The molecule has 64 heavy (non-hydrogen) atoms. The molecule has 389 valence electrons. The van der Waals surface area contributed by atoms with Gasteiger partial charge in [0.1, 0.15) is 0 Å². The molecule has 0 saturated heterocycles. The number of unbranched alkanes of at least 4 members (excludes halogenated alkanes) is 6. The van der Waals surface area contributed by atoms with Crippen molar-refractivity contribution in [1.29, 1.82) is 0 Å². The first-order valence-corrected chi connectivity index (χ1v) is 30.1. The van der Waals surface area contributed by atoms with Crippen molar-refractivity contribution in [3.05, 3.63) is 0 Å². The van der Waals surface area contributed by atoms with Crippen molar-refractivity contribution in [1.82, 2.24) is 0 Å². The van der Waals surface area contributed by atoms with Gasteiger partial charge in [0.15, 0.2) is 0 Å². The fourth-order valence-corrected chi connectivity index (χ4v) is 9.26. The van der Waals surface area contributed by atoms with Crippen LogP contribution in [0.4, 0.5) is 0 Å². The van der Waals surface area contributed by atoms with E-state index in [1.165, 1.54) is 0 Å². The van der Waals surface area contributed by atoms with Gasteiger partial charge < -0.3 is 41.8 Å². The molecule has 0 saturated carbocycles. The van der Waals surface area contributed by atoms with Crippen LogP contribution in [0, 0.1) is 35.5 Å². The molecule has 0 spiro atoms. The van der Waals surface area contributed by atoms with E-state index in [2.05, 4.69) is 83.1 Å². The Morgan fingerprint density at radius 2 is 0.422 bits per heavy atom. The quantitative estimate of drug-likeness (QED) is 0.0418. The average Bonchev–Trinajstić information content (AvgIpc) is 3.27. The fourth-order valence-electron chi connectivity index (χ4n) is 6.68. The molecule has 16 heteroatoms. The Labute approximate surface area is 406 Å². The van der Waals surface area contributed by atoms with E-state index in [0.717, 1.165) is 154 Å². The minimum atomic E-state index is -4.14. The number of phosphoric acid groups is 3. The molecule has 0 N–H and O–H groups in total. The Bertz CT molecular complexity index is 919. The van der Waals surface area contributed by atoms with Gasteiger partial charge in [-0.05, 0) is 74.0 Å². The number of hydrogen-bond donors (Lipinski definition) is 0. The van der Waals surface area contributed by atoms with Crippen LogP contribution in [0.15, 0.2) is 0 Å². The van der Waals surface area contributed by atoms with E-state index in [9.17, 15) is 28.4 Å². The summed E-state index contributed by atoms with van der Waals surface area (Å²) in [5, 5.41) is 0. The number of phosphoric ester groups is 3. The zero-order valence-electron chi connectivity index (χ0n) is 43.3. The van der Waals surface area contributed by atoms with Gasteiger partial charge >= 0.3 is 17.1 Å². The van der Waals surface area contributed by atoms with E-state index >= 15 is 0 Å². The maximum Gasteiger partial charge on any atom is 3.00 e. The minimum absolute atomic E-state index is 0. The minimum Gasteiger partial charge on any atom is -0.756 e. The zero-order chi connectivity index (χ0) is 48.4. The van der Waals surface area contributed by atoms with Gasteiger partial charge in [-0.2, -0.15) is 0 Å². The van der Waals surface area contributed by atoms with Crippen LogP contribution >= 0.6 is 23.5 Å². The third kappa shape index (κ3) is 45.3. The standard InChI is InChI=1S/3C16H35O4P.Fe/c3*1-5-9-11-15(7-3)13-19-21(17,18)20-14-16(8-4)12-10-6-2;/h3*15-16H,5-14H2,1-4H3,(H,17,18);/q;;;+3/p-3. The van der Waals surface area contributed by atoms with Gasteiger partial charge in [0, 0.05) is 0 Å². The van der Waals surface area contributed by atoms with Crippen LogP contribution < -0.4 is 14.7 Å². The van der Waals surface area contributed by atoms with Gasteiger partial charge in [-0.25, -0.2) is 0 Å². The molecular weight excluding hydrogens is 917 g/mol. The SMILES string of the molecule is CCCCC(CC)COP(=O)([O-])OCC(CC)CCCC.CCCCC(CC)COP(=O)([O-])OCC(CC)CCCC.CCCCC(CC)COP(=O)([O-])OCC(CC)CCCC.[Fe+3]. The van der Waals surface area contributed by atoms with Crippen molar-refractivity contribution >= 4 is 23.5 Å². The molecule has 0 amide bonds. The van der Waals surface area contributed by atoms with Gasteiger partial charge in [0.05, 0.1) is 39.6 Å². The van der Waals surface area contributed by atoms with E-state index < -0.39 is 23.5 Å². The molecule has 0 aromatic carbocycles. The molecule has 6 atom stereocenters. The second kappa shape index (κ2) is 47.5. The maximum atomic E-state index is 11.8. The third-order valence-corrected chi connectivity index (χ3v) is 14.9. The molecule has 0 aromatic rings.